The Labute approximate surface area is 71.4 Å². The summed E-state index contributed by atoms with van der Waals surface area (Å²) in [5.74, 6) is 0. The Morgan fingerprint density at radius 1 is 1.67 bits per heavy atom. The van der Waals surface area contributed by atoms with Gasteiger partial charge in [-0.05, 0) is 32.3 Å². The summed E-state index contributed by atoms with van der Waals surface area (Å²) in [6, 6.07) is 4.34. The van der Waals surface area contributed by atoms with Gasteiger partial charge >= 0.3 is 0 Å². The van der Waals surface area contributed by atoms with E-state index in [9.17, 15) is 0 Å². The van der Waals surface area contributed by atoms with Crippen molar-refractivity contribution in [1.29, 1.82) is 5.26 Å². The molecule has 1 fully saturated rings. The van der Waals surface area contributed by atoms with Gasteiger partial charge in [0, 0.05) is 5.69 Å². The van der Waals surface area contributed by atoms with Gasteiger partial charge in [-0.25, -0.2) is 0 Å². The van der Waals surface area contributed by atoms with E-state index >= 15 is 0 Å². The van der Waals surface area contributed by atoms with Crippen molar-refractivity contribution >= 4 is 0 Å². The molecule has 1 aromatic rings. The SMILES string of the molecule is Cc1cc(C2(C#N)CCC2)n[nH]1. The third-order valence-corrected chi connectivity index (χ3v) is 2.62. The minimum absolute atomic E-state index is 0.259. The minimum Gasteiger partial charge on any atom is -0.283 e. The summed E-state index contributed by atoms with van der Waals surface area (Å²) in [6.07, 6.45) is 3.08. The van der Waals surface area contributed by atoms with Gasteiger partial charge in [-0.3, -0.25) is 5.10 Å². The number of nitriles is 1. The Hall–Kier alpha value is -1.30. The van der Waals surface area contributed by atoms with E-state index < -0.39 is 0 Å². The second kappa shape index (κ2) is 2.34. The fourth-order valence-corrected chi connectivity index (χ4v) is 1.62. The predicted molar refractivity (Wildman–Crippen MR) is 44.5 cm³/mol. The number of hydrogen-bond acceptors (Lipinski definition) is 2. The van der Waals surface area contributed by atoms with Gasteiger partial charge in [-0.15, -0.1) is 0 Å². The van der Waals surface area contributed by atoms with Crippen molar-refractivity contribution in [2.45, 2.75) is 31.6 Å². The molecule has 0 unspecified atom stereocenters. The molecule has 3 nitrogen and oxygen atoms in total. The van der Waals surface area contributed by atoms with Gasteiger partial charge in [0.1, 0.15) is 5.41 Å². The quantitative estimate of drug-likeness (QED) is 0.681. The summed E-state index contributed by atoms with van der Waals surface area (Å²) in [5, 5.41) is 16.0. The molecule has 0 atom stereocenters. The molecule has 12 heavy (non-hydrogen) atoms. The average Bonchev–Trinajstić information content (AvgIpc) is 2.35. The summed E-state index contributed by atoms with van der Waals surface area (Å²) < 4.78 is 0. The summed E-state index contributed by atoms with van der Waals surface area (Å²) >= 11 is 0. The van der Waals surface area contributed by atoms with Gasteiger partial charge in [-0.1, -0.05) is 0 Å². The number of aromatic amines is 1. The van der Waals surface area contributed by atoms with Crippen LogP contribution in [-0.2, 0) is 5.41 Å². The monoisotopic (exact) mass is 161 g/mol. The molecule has 0 aromatic carbocycles. The number of aromatic nitrogens is 2. The highest BCUT2D eigenvalue weighted by Gasteiger charge is 2.40. The van der Waals surface area contributed by atoms with Gasteiger partial charge in [0.15, 0.2) is 0 Å². The van der Waals surface area contributed by atoms with E-state index in [4.69, 9.17) is 5.26 Å². The Bertz CT molecular complexity index is 328. The van der Waals surface area contributed by atoms with Crippen LogP contribution in [-0.4, -0.2) is 10.2 Å². The molecular formula is C9H11N3. The van der Waals surface area contributed by atoms with Crippen LogP contribution in [0.4, 0.5) is 0 Å². The smallest absolute Gasteiger partial charge is 0.101 e. The highest BCUT2D eigenvalue weighted by molar-refractivity contribution is 5.30. The number of aryl methyl sites for hydroxylation is 1. The zero-order valence-electron chi connectivity index (χ0n) is 7.09. The van der Waals surface area contributed by atoms with Gasteiger partial charge in [0.05, 0.1) is 11.8 Å². The van der Waals surface area contributed by atoms with Crippen molar-refractivity contribution in [3.05, 3.63) is 17.5 Å². The van der Waals surface area contributed by atoms with Crippen molar-refractivity contribution in [3.8, 4) is 6.07 Å². The summed E-state index contributed by atoms with van der Waals surface area (Å²) in [4.78, 5) is 0. The maximum Gasteiger partial charge on any atom is 0.101 e. The summed E-state index contributed by atoms with van der Waals surface area (Å²) in [5.41, 5.74) is 1.70. The summed E-state index contributed by atoms with van der Waals surface area (Å²) in [6.45, 7) is 1.96. The van der Waals surface area contributed by atoms with Crippen molar-refractivity contribution in [2.24, 2.45) is 0 Å². The molecule has 1 saturated carbocycles. The van der Waals surface area contributed by atoms with E-state index in [0.717, 1.165) is 30.7 Å². The lowest BCUT2D eigenvalue weighted by Gasteiger charge is -2.33. The van der Waals surface area contributed by atoms with Gasteiger partial charge in [0.25, 0.3) is 0 Å². The molecule has 0 radical (unpaired) electrons. The maximum atomic E-state index is 9.00. The fourth-order valence-electron chi connectivity index (χ4n) is 1.62. The van der Waals surface area contributed by atoms with Crippen molar-refractivity contribution in [2.75, 3.05) is 0 Å². The molecule has 1 N–H and O–H groups in total. The number of nitrogens with one attached hydrogen (secondary N) is 1. The van der Waals surface area contributed by atoms with E-state index in [1.165, 1.54) is 0 Å². The molecule has 0 amide bonds. The van der Waals surface area contributed by atoms with Crippen LogP contribution in [0, 0.1) is 18.3 Å². The molecule has 0 saturated heterocycles. The first-order chi connectivity index (χ1) is 5.77. The van der Waals surface area contributed by atoms with E-state index in [2.05, 4.69) is 16.3 Å². The molecule has 0 bridgehead atoms. The van der Waals surface area contributed by atoms with E-state index in [1.807, 2.05) is 13.0 Å². The molecule has 1 aromatic heterocycles. The van der Waals surface area contributed by atoms with Crippen molar-refractivity contribution in [1.82, 2.24) is 10.2 Å². The van der Waals surface area contributed by atoms with Crippen LogP contribution in [0.25, 0.3) is 0 Å². The Morgan fingerprint density at radius 2 is 2.42 bits per heavy atom. The Balaban J connectivity index is 2.35. The fraction of sp³-hybridized carbons (Fsp3) is 0.556. The molecule has 0 aliphatic heterocycles. The van der Waals surface area contributed by atoms with Crippen LogP contribution in [0.1, 0.15) is 30.7 Å². The first-order valence-electron chi connectivity index (χ1n) is 4.21. The third-order valence-electron chi connectivity index (χ3n) is 2.62. The Kier molecular flexibility index (Phi) is 1.44. The highest BCUT2D eigenvalue weighted by atomic mass is 15.1. The minimum atomic E-state index is -0.259. The van der Waals surface area contributed by atoms with Crippen LogP contribution in [0.15, 0.2) is 6.07 Å². The first-order valence-corrected chi connectivity index (χ1v) is 4.21. The molecule has 1 aliphatic rings. The zero-order valence-corrected chi connectivity index (χ0v) is 7.09. The number of nitrogens with zero attached hydrogens (tertiary/aromatic N) is 2. The summed E-state index contributed by atoms with van der Waals surface area (Å²) in [7, 11) is 0. The number of rotatable bonds is 1. The van der Waals surface area contributed by atoms with E-state index in [1.54, 1.807) is 0 Å². The van der Waals surface area contributed by atoms with Crippen molar-refractivity contribution in [3.63, 3.8) is 0 Å². The first kappa shape index (κ1) is 7.35. The lowest BCUT2D eigenvalue weighted by Crippen LogP contribution is -2.32. The van der Waals surface area contributed by atoms with Gasteiger partial charge in [0.2, 0.25) is 0 Å². The molecule has 3 heteroatoms. The lowest BCUT2D eigenvalue weighted by molar-refractivity contribution is 0.316. The second-order valence-electron chi connectivity index (χ2n) is 3.48. The highest BCUT2D eigenvalue weighted by Crippen LogP contribution is 2.42. The van der Waals surface area contributed by atoms with Gasteiger partial charge < -0.3 is 0 Å². The maximum absolute atomic E-state index is 9.00. The largest absolute Gasteiger partial charge is 0.283 e. The topological polar surface area (TPSA) is 52.5 Å². The van der Waals surface area contributed by atoms with E-state index in [-0.39, 0.29) is 5.41 Å². The normalized spacial score (nSPS) is 19.7. The molecule has 1 aliphatic carbocycles. The van der Waals surface area contributed by atoms with E-state index in [0.29, 0.717) is 0 Å². The standard InChI is InChI=1S/C9H11N3/c1-7-5-8(12-11-7)9(6-10)3-2-4-9/h5H,2-4H2,1H3,(H,11,12). The molecule has 1 heterocycles. The zero-order chi connectivity index (χ0) is 8.60. The lowest BCUT2D eigenvalue weighted by atomic mass is 9.68. The molecular weight excluding hydrogens is 150 g/mol. The van der Waals surface area contributed by atoms with Crippen LogP contribution in [0.3, 0.4) is 0 Å². The third kappa shape index (κ3) is 0.845. The predicted octanol–water partition coefficient (Wildman–Crippen LogP) is 1.66. The number of hydrogen-bond donors (Lipinski definition) is 1. The second-order valence-corrected chi connectivity index (χ2v) is 3.48. The van der Waals surface area contributed by atoms with Crippen LogP contribution >= 0.6 is 0 Å². The average molecular weight is 161 g/mol. The Morgan fingerprint density at radius 3 is 2.75 bits per heavy atom. The van der Waals surface area contributed by atoms with Crippen molar-refractivity contribution < 1.29 is 0 Å². The van der Waals surface area contributed by atoms with Crippen LogP contribution in [0.2, 0.25) is 0 Å². The van der Waals surface area contributed by atoms with Crippen LogP contribution < -0.4 is 0 Å². The van der Waals surface area contributed by atoms with Gasteiger partial charge in [-0.2, -0.15) is 10.4 Å². The number of H-pyrrole nitrogens is 1. The van der Waals surface area contributed by atoms with Crippen LogP contribution in [0.5, 0.6) is 0 Å². The molecule has 2 rings (SSSR count). The molecule has 0 spiro atoms. The molecule has 62 valence electrons.